The lowest BCUT2D eigenvalue weighted by atomic mass is 10.2. The maximum atomic E-state index is 13.7. The Bertz CT molecular complexity index is 1120. The van der Waals surface area contributed by atoms with Crippen LogP contribution in [0.1, 0.15) is 15.9 Å². The third-order valence-electron chi connectivity index (χ3n) is 3.37. The Kier molecular flexibility index (Phi) is 5.75. The van der Waals surface area contributed by atoms with E-state index in [0.717, 1.165) is 0 Å². The molecule has 3 aromatic rings. The average molecular weight is 446 g/mol. The number of amides is 1. The fraction of sp³-hybridized carbons (Fsp3) is 0.0625. The van der Waals surface area contributed by atoms with Gasteiger partial charge in [-0.3, -0.25) is 10.1 Å². The summed E-state index contributed by atoms with van der Waals surface area (Å²) in [5.74, 6) is -1.78. The van der Waals surface area contributed by atoms with Gasteiger partial charge in [-0.15, -0.1) is 10.2 Å². The van der Waals surface area contributed by atoms with Gasteiger partial charge in [-0.05, 0) is 24.3 Å². The van der Waals surface area contributed by atoms with E-state index < -0.39 is 27.3 Å². The number of halogens is 3. The van der Waals surface area contributed by atoms with E-state index in [2.05, 4.69) is 15.5 Å². The minimum absolute atomic E-state index is 0.0197. The third-order valence-corrected chi connectivity index (χ3v) is 6.87. The predicted octanol–water partition coefficient (Wildman–Crippen LogP) is 4.21. The van der Waals surface area contributed by atoms with Gasteiger partial charge >= 0.3 is 0 Å². The first kappa shape index (κ1) is 19.7. The van der Waals surface area contributed by atoms with Gasteiger partial charge in [-0.25, -0.2) is 12.8 Å². The molecule has 0 radical (unpaired) electrons. The summed E-state index contributed by atoms with van der Waals surface area (Å²) in [5, 5.41) is 10.1. The second-order valence-corrected chi connectivity index (χ2v) is 9.29. The Morgan fingerprint density at radius 1 is 1.15 bits per heavy atom. The summed E-state index contributed by atoms with van der Waals surface area (Å²) >= 11 is 12.4. The average Bonchev–Trinajstić information content (AvgIpc) is 3.06. The minimum Gasteiger partial charge on any atom is -0.296 e. The molecule has 2 aromatic carbocycles. The fourth-order valence-electron chi connectivity index (χ4n) is 2.11. The van der Waals surface area contributed by atoms with Crippen LogP contribution in [0.4, 0.5) is 9.52 Å². The van der Waals surface area contributed by atoms with E-state index in [0.29, 0.717) is 16.4 Å². The van der Waals surface area contributed by atoms with Crippen LogP contribution in [0.25, 0.3) is 0 Å². The van der Waals surface area contributed by atoms with Crippen molar-refractivity contribution in [2.75, 3.05) is 5.32 Å². The van der Waals surface area contributed by atoms with E-state index in [1.165, 1.54) is 42.5 Å². The highest BCUT2D eigenvalue weighted by atomic mass is 35.5. The summed E-state index contributed by atoms with van der Waals surface area (Å²) in [7, 11) is -3.92. The molecule has 0 saturated heterocycles. The number of rotatable bonds is 5. The van der Waals surface area contributed by atoms with Crippen molar-refractivity contribution in [2.24, 2.45) is 0 Å². The topological polar surface area (TPSA) is 89.0 Å². The number of carbonyl (C=O) groups is 1. The molecule has 1 N–H and O–H groups in total. The Hall–Kier alpha value is -2.07. The zero-order valence-electron chi connectivity index (χ0n) is 13.3. The van der Waals surface area contributed by atoms with Crippen LogP contribution in [0.5, 0.6) is 0 Å². The van der Waals surface area contributed by atoms with Crippen LogP contribution >= 0.6 is 34.5 Å². The number of sulfone groups is 1. The number of hydrogen-bond acceptors (Lipinski definition) is 6. The van der Waals surface area contributed by atoms with Gasteiger partial charge in [0, 0.05) is 10.6 Å². The second kappa shape index (κ2) is 7.89. The molecular weight excluding hydrogens is 436 g/mol. The largest absolute Gasteiger partial charge is 0.296 e. The zero-order valence-corrected chi connectivity index (χ0v) is 16.5. The Morgan fingerprint density at radius 3 is 2.59 bits per heavy atom. The van der Waals surface area contributed by atoms with Gasteiger partial charge in [0.05, 0.1) is 16.3 Å². The van der Waals surface area contributed by atoms with Gasteiger partial charge in [0.25, 0.3) is 5.91 Å². The first-order valence-corrected chi connectivity index (χ1v) is 10.5. The summed E-state index contributed by atoms with van der Waals surface area (Å²) in [6.07, 6.45) is 0. The third kappa shape index (κ3) is 4.62. The molecule has 0 aliphatic heterocycles. The normalized spacial score (nSPS) is 11.4. The number of benzene rings is 2. The Balaban J connectivity index is 1.78. The molecule has 11 heteroatoms. The number of nitrogens with one attached hydrogen (secondary N) is 1. The summed E-state index contributed by atoms with van der Waals surface area (Å²) < 4.78 is 38.2. The van der Waals surface area contributed by atoms with Crippen LogP contribution in [0, 0.1) is 5.82 Å². The Labute approximate surface area is 167 Å². The predicted molar refractivity (Wildman–Crippen MR) is 102 cm³/mol. The van der Waals surface area contributed by atoms with Crippen LogP contribution in [0.15, 0.2) is 46.8 Å². The molecule has 3 rings (SSSR count). The van der Waals surface area contributed by atoms with E-state index >= 15 is 0 Å². The van der Waals surface area contributed by atoms with Crippen molar-refractivity contribution in [2.45, 2.75) is 10.1 Å². The molecular formula is C16H10Cl2FN3O3S2. The number of aromatic nitrogens is 2. The van der Waals surface area contributed by atoms with Crippen molar-refractivity contribution < 1.29 is 17.6 Å². The highest BCUT2D eigenvalue weighted by Crippen LogP contribution is 2.26. The molecule has 0 fully saturated rings. The molecule has 1 aromatic heterocycles. The molecule has 27 heavy (non-hydrogen) atoms. The van der Waals surface area contributed by atoms with Crippen molar-refractivity contribution in [1.82, 2.24) is 10.2 Å². The molecule has 0 atom stereocenters. The van der Waals surface area contributed by atoms with E-state index in [9.17, 15) is 17.6 Å². The molecule has 6 nitrogen and oxygen atoms in total. The summed E-state index contributed by atoms with van der Waals surface area (Å²) in [6, 6.07) is 9.87. The standard InChI is InChI=1S/C16H10Cl2FN3O3S2/c17-10-5-6-11(12(18)7-10)14(23)20-15-21-22-16(26-15)27(24,25)8-9-3-1-2-4-13(9)19/h1-7H,8H2,(H,20,21,23). The van der Waals surface area contributed by atoms with Gasteiger partial charge in [0.15, 0.2) is 0 Å². The van der Waals surface area contributed by atoms with Crippen LogP contribution in [0.2, 0.25) is 10.0 Å². The lowest BCUT2D eigenvalue weighted by Crippen LogP contribution is -2.12. The molecule has 0 aliphatic rings. The quantitative estimate of drug-likeness (QED) is 0.594. The van der Waals surface area contributed by atoms with Crippen molar-refractivity contribution in [1.29, 1.82) is 0 Å². The lowest BCUT2D eigenvalue weighted by Gasteiger charge is -2.04. The molecule has 140 valence electrons. The van der Waals surface area contributed by atoms with Crippen LogP contribution in [-0.2, 0) is 15.6 Å². The number of anilines is 1. The van der Waals surface area contributed by atoms with Crippen molar-refractivity contribution in [3.05, 3.63) is 69.5 Å². The van der Waals surface area contributed by atoms with Gasteiger partial charge in [-0.2, -0.15) is 0 Å². The van der Waals surface area contributed by atoms with Crippen LogP contribution in [0.3, 0.4) is 0 Å². The SMILES string of the molecule is O=C(Nc1nnc(S(=O)(=O)Cc2ccccc2F)s1)c1ccc(Cl)cc1Cl. The maximum Gasteiger partial charge on any atom is 0.259 e. The van der Waals surface area contributed by atoms with Gasteiger partial charge in [-0.1, -0.05) is 52.7 Å². The van der Waals surface area contributed by atoms with E-state index in [4.69, 9.17) is 23.2 Å². The second-order valence-electron chi connectivity index (χ2n) is 5.30. The number of carbonyl (C=O) groups excluding carboxylic acids is 1. The van der Waals surface area contributed by atoms with Crippen LogP contribution < -0.4 is 5.32 Å². The van der Waals surface area contributed by atoms with Crippen molar-refractivity contribution in [3.8, 4) is 0 Å². The first-order chi connectivity index (χ1) is 12.8. The number of hydrogen-bond donors (Lipinski definition) is 1. The molecule has 0 unspecified atom stereocenters. The van der Waals surface area contributed by atoms with Crippen LogP contribution in [-0.4, -0.2) is 24.5 Å². The maximum absolute atomic E-state index is 13.7. The fourth-order valence-corrected chi connectivity index (χ4v) is 4.93. The molecule has 0 aliphatic carbocycles. The smallest absolute Gasteiger partial charge is 0.259 e. The monoisotopic (exact) mass is 445 g/mol. The molecule has 0 saturated carbocycles. The molecule has 1 amide bonds. The molecule has 0 spiro atoms. The zero-order chi connectivity index (χ0) is 19.6. The first-order valence-electron chi connectivity index (χ1n) is 7.32. The molecule has 0 bridgehead atoms. The van der Waals surface area contributed by atoms with Crippen molar-refractivity contribution in [3.63, 3.8) is 0 Å². The summed E-state index contributed by atoms with van der Waals surface area (Å²) in [5.41, 5.74) is 0.165. The summed E-state index contributed by atoms with van der Waals surface area (Å²) in [4.78, 5) is 12.2. The van der Waals surface area contributed by atoms with Gasteiger partial charge in [0.1, 0.15) is 5.82 Å². The van der Waals surface area contributed by atoms with Gasteiger partial charge < -0.3 is 0 Å². The highest BCUT2D eigenvalue weighted by Gasteiger charge is 2.23. The lowest BCUT2D eigenvalue weighted by molar-refractivity contribution is 0.102. The van der Waals surface area contributed by atoms with Gasteiger partial charge in [0.2, 0.25) is 19.3 Å². The highest BCUT2D eigenvalue weighted by molar-refractivity contribution is 7.92. The minimum atomic E-state index is -3.92. The summed E-state index contributed by atoms with van der Waals surface area (Å²) in [6.45, 7) is 0. The van der Waals surface area contributed by atoms with Crippen molar-refractivity contribution >= 4 is 55.4 Å². The number of nitrogens with zero attached hydrogens (tertiary/aromatic N) is 2. The van der Waals surface area contributed by atoms with E-state index in [-0.39, 0.29) is 25.6 Å². The van der Waals surface area contributed by atoms with E-state index in [1.807, 2.05) is 0 Å². The molecule has 1 heterocycles. The Morgan fingerprint density at radius 2 is 1.89 bits per heavy atom. The van der Waals surface area contributed by atoms with E-state index in [1.54, 1.807) is 0 Å².